The number of ether oxygens (including phenoxy) is 1. The molecule has 0 fully saturated rings. The zero-order valence-electron chi connectivity index (χ0n) is 9.82. The highest BCUT2D eigenvalue weighted by molar-refractivity contribution is 9.10. The van der Waals surface area contributed by atoms with Gasteiger partial charge in [0.05, 0.1) is 4.92 Å². The van der Waals surface area contributed by atoms with Gasteiger partial charge < -0.3 is 9.84 Å². The normalized spacial score (nSPS) is 10.1. The van der Waals surface area contributed by atoms with Gasteiger partial charge in [-0.1, -0.05) is 12.1 Å². The lowest BCUT2D eigenvalue weighted by molar-refractivity contribution is -0.385. The molecule has 0 saturated heterocycles. The standard InChI is InChI=1S/C12H7BrN2O5/c13-7-5-8(12(16)17)11(14-6-7)20-10-4-2-1-3-9(10)15(18)19/h1-6H,(H,16,17). The maximum absolute atomic E-state index is 11.1. The fraction of sp³-hybridized carbons (Fsp3) is 0. The number of hydrogen-bond donors (Lipinski definition) is 1. The molecule has 0 spiro atoms. The second kappa shape index (κ2) is 5.66. The van der Waals surface area contributed by atoms with E-state index in [1.54, 1.807) is 6.07 Å². The number of halogens is 1. The predicted molar refractivity (Wildman–Crippen MR) is 72.1 cm³/mol. The van der Waals surface area contributed by atoms with Crippen LogP contribution in [-0.4, -0.2) is 21.0 Å². The summed E-state index contributed by atoms with van der Waals surface area (Å²) in [7, 11) is 0. The van der Waals surface area contributed by atoms with Gasteiger partial charge in [-0.2, -0.15) is 0 Å². The third kappa shape index (κ3) is 2.91. The molecule has 2 aromatic rings. The number of carboxylic acid groups (broad SMARTS) is 1. The second-order valence-corrected chi connectivity index (χ2v) is 4.55. The first-order valence-corrected chi connectivity index (χ1v) is 6.08. The summed E-state index contributed by atoms with van der Waals surface area (Å²) in [5.74, 6) is -1.53. The molecule has 0 aliphatic rings. The van der Waals surface area contributed by atoms with Crippen LogP contribution in [0.15, 0.2) is 41.0 Å². The van der Waals surface area contributed by atoms with Crippen LogP contribution in [-0.2, 0) is 0 Å². The van der Waals surface area contributed by atoms with Crippen molar-refractivity contribution in [1.82, 2.24) is 4.98 Å². The molecule has 0 bridgehead atoms. The van der Waals surface area contributed by atoms with E-state index in [1.807, 2.05) is 0 Å². The van der Waals surface area contributed by atoms with E-state index in [-0.39, 0.29) is 22.9 Å². The first-order valence-electron chi connectivity index (χ1n) is 5.29. The van der Waals surface area contributed by atoms with Gasteiger partial charge in [0.2, 0.25) is 11.6 Å². The first-order chi connectivity index (χ1) is 9.49. The van der Waals surface area contributed by atoms with E-state index in [4.69, 9.17) is 9.84 Å². The number of nitrogens with zero attached hydrogens (tertiary/aromatic N) is 2. The van der Waals surface area contributed by atoms with Gasteiger partial charge in [0.1, 0.15) is 5.56 Å². The quantitative estimate of drug-likeness (QED) is 0.678. The molecule has 20 heavy (non-hydrogen) atoms. The maximum atomic E-state index is 11.1. The Labute approximate surface area is 121 Å². The van der Waals surface area contributed by atoms with Crippen molar-refractivity contribution in [2.45, 2.75) is 0 Å². The number of hydrogen-bond acceptors (Lipinski definition) is 5. The van der Waals surface area contributed by atoms with Crippen molar-refractivity contribution in [3.63, 3.8) is 0 Å². The van der Waals surface area contributed by atoms with Crippen LogP contribution < -0.4 is 4.74 Å². The van der Waals surface area contributed by atoms with Crippen molar-refractivity contribution >= 4 is 27.6 Å². The number of nitro groups is 1. The molecule has 0 unspecified atom stereocenters. The van der Waals surface area contributed by atoms with E-state index in [0.29, 0.717) is 4.47 Å². The Balaban J connectivity index is 2.45. The molecule has 1 heterocycles. The van der Waals surface area contributed by atoms with Crippen LogP contribution in [0.5, 0.6) is 11.6 Å². The van der Waals surface area contributed by atoms with E-state index < -0.39 is 10.9 Å². The molecular weight excluding hydrogens is 332 g/mol. The Bertz CT molecular complexity index is 689. The van der Waals surface area contributed by atoms with Gasteiger partial charge in [-0.05, 0) is 28.1 Å². The van der Waals surface area contributed by atoms with Gasteiger partial charge in [0, 0.05) is 16.7 Å². The van der Waals surface area contributed by atoms with E-state index in [9.17, 15) is 14.9 Å². The number of para-hydroxylation sites is 2. The fourth-order valence-corrected chi connectivity index (χ4v) is 1.79. The van der Waals surface area contributed by atoms with E-state index in [1.165, 1.54) is 30.5 Å². The summed E-state index contributed by atoms with van der Waals surface area (Å²) in [4.78, 5) is 25.2. The molecule has 7 nitrogen and oxygen atoms in total. The summed E-state index contributed by atoms with van der Waals surface area (Å²) >= 11 is 3.10. The number of nitro benzene ring substituents is 1. The van der Waals surface area contributed by atoms with Crippen LogP contribution in [0.1, 0.15) is 10.4 Å². The van der Waals surface area contributed by atoms with Crippen molar-refractivity contribution in [2.24, 2.45) is 0 Å². The molecule has 1 aromatic carbocycles. The summed E-state index contributed by atoms with van der Waals surface area (Å²) in [6, 6.07) is 6.96. The van der Waals surface area contributed by atoms with Crippen LogP contribution in [0.2, 0.25) is 0 Å². The van der Waals surface area contributed by atoms with Crippen LogP contribution in [0.4, 0.5) is 5.69 Å². The molecule has 0 aliphatic heterocycles. The molecule has 2 rings (SSSR count). The maximum Gasteiger partial charge on any atom is 0.341 e. The molecule has 8 heteroatoms. The average molecular weight is 339 g/mol. The first kappa shape index (κ1) is 13.9. The molecule has 102 valence electrons. The van der Waals surface area contributed by atoms with E-state index >= 15 is 0 Å². The summed E-state index contributed by atoms with van der Waals surface area (Å²) in [5.41, 5.74) is -0.467. The molecule has 0 radical (unpaired) electrons. The third-order valence-electron chi connectivity index (χ3n) is 2.32. The van der Waals surface area contributed by atoms with E-state index in [2.05, 4.69) is 20.9 Å². The summed E-state index contributed by atoms with van der Waals surface area (Å²) in [5, 5.41) is 19.9. The Kier molecular flexibility index (Phi) is 3.94. The largest absolute Gasteiger partial charge is 0.477 e. The minimum atomic E-state index is -1.24. The minimum absolute atomic E-state index is 0.0742. The SMILES string of the molecule is O=C(O)c1cc(Br)cnc1Oc1ccccc1[N+](=O)[O-]. The second-order valence-electron chi connectivity index (χ2n) is 3.64. The van der Waals surface area contributed by atoms with Crippen LogP contribution in [0, 0.1) is 10.1 Å². The number of aromatic carboxylic acids is 1. The Hall–Kier alpha value is -2.48. The molecule has 1 aromatic heterocycles. The third-order valence-corrected chi connectivity index (χ3v) is 2.75. The van der Waals surface area contributed by atoms with Crippen molar-refractivity contribution in [3.05, 3.63) is 56.7 Å². The smallest absolute Gasteiger partial charge is 0.341 e. The molecule has 0 saturated carbocycles. The van der Waals surface area contributed by atoms with Crippen molar-refractivity contribution in [1.29, 1.82) is 0 Å². The number of carbonyl (C=O) groups is 1. The highest BCUT2D eigenvalue weighted by Gasteiger charge is 2.19. The van der Waals surface area contributed by atoms with Crippen LogP contribution >= 0.6 is 15.9 Å². The van der Waals surface area contributed by atoms with Gasteiger partial charge in [-0.25, -0.2) is 9.78 Å². The number of aromatic nitrogens is 1. The topological polar surface area (TPSA) is 103 Å². The van der Waals surface area contributed by atoms with Gasteiger partial charge in [0.25, 0.3) is 0 Å². The zero-order valence-corrected chi connectivity index (χ0v) is 11.4. The van der Waals surface area contributed by atoms with Gasteiger partial charge in [-0.15, -0.1) is 0 Å². The van der Waals surface area contributed by atoms with Crippen LogP contribution in [0.25, 0.3) is 0 Å². The Morgan fingerprint density at radius 1 is 1.40 bits per heavy atom. The van der Waals surface area contributed by atoms with Crippen LogP contribution in [0.3, 0.4) is 0 Å². The minimum Gasteiger partial charge on any atom is -0.477 e. The zero-order chi connectivity index (χ0) is 14.7. The highest BCUT2D eigenvalue weighted by atomic mass is 79.9. The average Bonchev–Trinajstić information content (AvgIpc) is 2.41. The summed E-state index contributed by atoms with van der Waals surface area (Å²) < 4.78 is 5.73. The molecule has 0 amide bonds. The molecular formula is C12H7BrN2O5. The Morgan fingerprint density at radius 3 is 2.75 bits per heavy atom. The fourth-order valence-electron chi connectivity index (χ4n) is 1.46. The number of benzene rings is 1. The number of rotatable bonds is 4. The van der Waals surface area contributed by atoms with Crippen molar-refractivity contribution < 1.29 is 19.6 Å². The lowest BCUT2D eigenvalue weighted by Gasteiger charge is -2.07. The Morgan fingerprint density at radius 2 is 2.10 bits per heavy atom. The van der Waals surface area contributed by atoms with E-state index in [0.717, 1.165) is 0 Å². The lowest BCUT2D eigenvalue weighted by Crippen LogP contribution is -2.03. The highest BCUT2D eigenvalue weighted by Crippen LogP contribution is 2.32. The monoisotopic (exact) mass is 338 g/mol. The summed E-state index contributed by atoms with van der Waals surface area (Å²) in [6.07, 6.45) is 1.34. The van der Waals surface area contributed by atoms with Gasteiger partial charge in [-0.3, -0.25) is 10.1 Å². The van der Waals surface area contributed by atoms with Crippen molar-refractivity contribution in [2.75, 3.05) is 0 Å². The molecule has 0 aliphatic carbocycles. The van der Waals surface area contributed by atoms with Gasteiger partial charge >= 0.3 is 11.7 Å². The van der Waals surface area contributed by atoms with Crippen molar-refractivity contribution in [3.8, 4) is 11.6 Å². The number of pyridine rings is 1. The molecule has 0 atom stereocenters. The number of carboxylic acids is 1. The lowest BCUT2D eigenvalue weighted by atomic mass is 10.2. The van der Waals surface area contributed by atoms with Gasteiger partial charge in [0.15, 0.2) is 0 Å². The summed E-state index contributed by atoms with van der Waals surface area (Å²) in [6.45, 7) is 0. The molecule has 1 N–H and O–H groups in total. The predicted octanol–water partition coefficient (Wildman–Crippen LogP) is 3.24.